The second kappa shape index (κ2) is 4.13. The van der Waals surface area contributed by atoms with Gasteiger partial charge in [0.25, 0.3) is 0 Å². The second-order valence-electron chi connectivity index (χ2n) is 3.74. The van der Waals surface area contributed by atoms with Crippen molar-refractivity contribution in [1.29, 1.82) is 0 Å². The van der Waals surface area contributed by atoms with Crippen LogP contribution in [0.15, 0.2) is 29.1 Å². The van der Waals surface area contributed by atoms with E-state index in [2.05, 4.69) is 11.1 Å². The van der Waals surface area contributed by atoms with Crippen molar-refractivity contribution in [1.82, 2.24) is 4.98 Å². The first-order chi connectivity index (χ1) is 7.16. The molecule has 1 aromatic carbocycles. The van der Waals surface area contributed by atoms with Gasteiger partial charge in [0.2, 0.25) is 0 Å². The number of thiazole rings is 1. The van der Waals surface area contributed by atoms with E-state index in [1.54, 1.807) is 5.51 Å². The molecule has 0 aliphatic carbocycles. The molecule has 3 heteroatoms. The smallest absolute Gasteiger partial charge is 0.122 e. The number of rotatable bonds is 2. The van der Waals surface area contributed by atoms with Crippen LogP contribution in [0.2, 0.25) is 0 Å². The third kappa shape index (κ3) is 2.25. The molecule has 0 saturated heterocycles. The first-order valence-corrected chi connectivity index (χ1v) is 5.75. The Bertz CT molecular complexity index is 430. The van der Waals surface area contributed by atoms with E-state index in [0.29, 0.717) is 0 Å². The quantitative estimate of drug-likeness (QED) is 0.842. The zero-order chi connectivity index (χ0) is 10.8. The lowest BCUT2D eigenvalue weighted by Gasteiger charge is -2.10. The Labute approximate surface area is 93.2 Å². The minimum absolute atomic E-state index is 0.602. The largest absolute Gasteiger partial charge is 0.382 e. The molecule has 0 saturated carbocycles. The van der Waals surface area contributed by atoms with Gasteiger partial charge in [-0.3, -0.25) is 0 Å². The van der Waals surface area contributed by atoms with Gasteiger partial charge in [0.15, 0.2) is 0 Å². The monoisotopic (exact) mass is 219 g/mol. The second-order valence-corrected chi connectivity index (χ2v) is 4.46. The molecule has 0 amide bonds. The summed E-state index contributed by atoms with van der Waals surface area (Å²) in [6.07, 6.45) is -0.602. The number of aryl methyl sites for hydroxylation is 2. The molecule has 0 spiro atoms. The van der Waals surface area contributed by atoms with Gasteiger partial charge in [-0.15, -0.1) is 11.3 Å². The van der Waals surface area contributed by atoms with Crippen LogP contribution in [-0.4, -0.2) is 10.1 Å². The fourth-order valence-electron chi connectivity index (χ4n) is 1.70. The third-order valence-corrected chi connectivity index (χ3v) is 2.90. The molecule has 0 aliphatic rings. The van der Waals surface area contributed by atoms with Crippen LogP contribution in [0.25, 0.3) is 0 Å². The molecular formula is C12H13NOS. The Kier molecular flexibility index (Phi) is 2.84. The molecule has 1 N–H and O–H groups in total. The average molecular weight is 219 g/mol. The molecule has 1 atom stereocenters. The first kappa shape index (κ1) is 10.3. The minimum Gasteiger partial charge on any atom is -0.382 e. The van der Waals surface area contributed by atoms with Gasteiger partial charge in [-0.25, -0.2) is 4.98 Å². The summed E-state index contributed by atoms with van der Waals surface area (Å²) in [5.41, 5.74) is 5.71. The summed E-state index contributed by atoms with van der Waals surface area (Å²) in [4.78, 5) is 4.12. The Balaban J connectivity index is 2.37. The highest BCUT2D eigenvalue weighted by Crippen LogP contribution is 2.23. The van der Waals surface area contributed by atoms with Crippen LogP contribution in [0.1, 0.15) is 28.5 Å². The van der Waals surface area contributed by atoms with Crippen LogP contribution in [0, 0.1) is 13.8 Å². The molecule has 0 aliphatic heterocycles. The van der Waals surface area contributed by atoms with Crippen molar-refractivity contribution >= 4 is 11.3 Å². The maximum absolute atomic E-state index is 10.1. The SMILES string of the molecule is Cc1cc(C)cc(C(O)c2cscn2)c1. The molecule has 78 valence electrons. The van der Waals surface area contributed by atoms with E-state index in [1.165, 1.54) is 22.5 Å². The van der Waals surface area contributed by atoms with Crippen molar-refractivity contribution in [3.05, 3.63) is 51.5 Å². The summed E-state index contributed by atoms with van der Waals surface area (Å²) in [6, 6.07) is 6.09. The normalized spacial score (nSPS) is 12.7. The molecule has 2 nitrogen and oxygen atoms in total. The van der Waals surface area contributed by atoms with E-state index < -0.39 is 6.10 Å². The Morgan fingerprint density at radius 2 is 1.87 bits per heavy atom. The van der Waals surface area contributed by atoms with Crippen LogP contribution >= 0.6 is 11.3 Å². The molecular weight excluding hydrogens is 206 g/mol. The molecule has 1 unspecified atom stereocenters. The van der Waals surface area contributed by atoms with Gasteiger partial charge >= 0.3 is 0 Å². The number of aliphatic hydroxyl groups excluding tert-OH is 1. The molecule has 1 aromatic heterocycles. The number of benzene rings is 1. The highest BCUT2D eigenvalue weighted by molar-refractivity contribution is 7.07. The predicted molar refractivity (Wildman–Crippen MR) is 62.1 cm³/mol. The Morgan fingerprint density at radius 3 is 2.40 bits per heavy atom. The van der Waals surface area contributed by atoms with E-state index >= 15 is 0 Å². The fourth-order valence-corrected chi connectivity index (χ4v) is 2.27. The summed E-state index contributed by atoms with van der Waals surface area (Å²) < 4.78 is 0. The maximum atomic E-state index is 10.1. The number of hydrogen-bond acceptors (Lipinski definition) is 3. The summed E-state index contributed by atoms with van der Waals surface area (Å²) in [6.45, 7) is 4.06. The zero-order valence-corrected chi connectivity index (χ0v) is 9.58. The molecule has 1 heterocycles. The number of nitrogens with zero attached hydrogens (tertiary/aromatic N) is 1. The van der Waals surface area contributed by atoms with Crippen molar-refractivity contribution < 1.29 is 5.11 Å². The van der Waals surface area contributed by atoms with Crippen LogP contribution in [0.5, 0.6) is 0 Å². The summed E-state index contributed by atoms with van der Waals surface area (Å²) in [5.74, 6) is 0. The van der Waals surface area contributed by atoms with Gasteiger partial charge in [0.05, 0.1) is 11.2 Å². The van der Waals surface area contributed by atoms with Crippen molar-refractivity contribution in [2.75, 3.05) is 0 Å². The van der Waals surface area contributed by atoms with E-state index in [4.69, 9.17) is 0 Å². The van der Waals surface area contributed by atoms with Crippen molar-refractivity contribution in [3.63, 3.8) is 0 Å². The van der Waals surface area contributed by atoms with E-state index in [1.807, 2.05) is 31.4 Å². The van der Waals surface area contributed by atoms with Crippen LogP contribution in [0.3, 0.4) is 0 Å². The third-order valence-electron chi connectivity index (χ3n) is 2.29. The minimum atomic E-state index is -0.602. The van der Waals surface area contributed by atoms with Gasteiger partial charge in [-0.2, -0.15) is 0 Å². The Morgan fingerprint density at radius 1 is 1.20 bits per heavy atom. The standard InChI is InChI=1S/C12H13NOS/c1-8-3-9(2)5-10(4-8)12(14)11-6-15-7-13-11/h3-7,12,14H,1-2H3. The van der Waals surface area contributed by atoms with E-state index in [9.17, 15) is 5.11 Å². The zero-order valence-electron chi connectivity index (χ0n) is 8.77. The van der Waals surface area contributed by atoms with Crippen molar-refractivity contribution in [2.24, 2.45) is 0 Å². The van der Waals surface area contributed by atoms with E-state index in [-0.39, 0.29) is 0 Å². The Hall–Kier alpha value is -1.19. The first-order valence-electron chi connectivity index (χ1n) is 4.81. The van der Waals surface area contributed by atoms with Crippen LogP contribution in [-0.2, 0) is 0 Å². The lowest BCUT2D eigenvalue weighted by molar-refractivity contribution is 0.216. The highest BCUT2D eigenvalue weighted by Gasteiger charge is 2.12. The van der Waals surface area contributed by atoms with Gasteiger partial charge < -0.3 is 5.11 Å². The van der Waals surface area contributed by atoms with Crippen molar-refractivity contribution in [3.8, 4) is 0 Å². The van der Waals surface area contributed by atoms with E-state index in [0.717, 1.165) is 11.3 Å². The number of aromatic nitrogens is 1. The predicted octanol–water partition coefficient (Wildman–Crippen LogP) is 2.84. The van der Waals surface area contributed by atoms with Gasteiger partial charge in [0.1, 0.15) is 6.10 Å². The number of aliphatic hydroxyl groups is 1. The number of hydrogen-bond donors (Lipinski definition) is 1. The molecule has 0 radical (unpaired) electrons. The fraction of sp³-hybridized carbons (Fsp3) is 0.250. The van der Waals surface area contributed by atoms with Gasteiger partial charge in [-0.1, -0.05) is 29.3 Å². The summed E-state index contributed by atoms with van der Waals surface area (Å²) in [5, 5.41) is 12.0. The molecule has 15 heavy (non-hydrogen) atoms. The van der Waals surface area contributed by atoms with Gasteiger partial charge in [-0.05, 0) is 19.4 Å². The lowest BCUT2D eigenvalue weighted by atomic mass is 10.0. The maximum Gasteiger partial charge on any atom is 0.122 e. The summed E-state index contributed by atoms with van der Waals surface area (Å²) >= 11 is 1.50. The molecule has 0 bridgehead atoms. The molecule has 0 fully saturated rings. The topological polar surface area (TPSA) is 33.1 Å². The molecule has 2 aromatic rings. The average Bonchev–Trinajstić information content (AvgIpc) is 2.67. The lowest BCUT2D eigenvalue weighted by Crippen LogP contribution is -2.00. The van der Waals surface area contributed by atoms with Gasteiger partial charge in [0, 0.05) is 5.38 Å². The molecule has 2 rings (SSSR count). The highest BCUT2D eigenvalue weighted by atomic mass is 32.1. The summed E-state index contributed by atoms with van der Waals surface area (Å²) in [7, 11) is 0. The van der Waals surface area contributed by atoms with Crippen molar-refractivity contribution in [2.45, 2.75) is 20.0 Å². The van der Waals surface area contributed by atoms with Crippen LogP contribution in [0.4, 0.5) is 0 Å². The van der Waals surface area contributed by atoms with Crippen LogP contribution < -0.4 is 0 Å².